The molecule has 0 saturated heterocycles. The van der Waals surface area contributed by atoms with E-state index >= 15 is 0 Å². The van der Waals surface area contributed by atoms with E-state index in [0.29, 0.717) is 24.9 Å². The van der Waals surface area contributed by atoms with Gasteiger partial charge >= 0.3 is 0 Å². The molecule has 5 heteroatoms. The van der Waals surface area contributed by atoms with E-state index in [9.17, 15) is 0 Å². The molecule has 136 valence electrons. The van der Waals surface area contributed by atoms with Gasteiger partial charge in [0.1, 0.15) is 5.75 Å². The zero-order valence-corrected chi connectivity index (χ0v) is 15.6. The summed E-state index contributed by atoms with van der Waals surface area (Å²) in [6.07, 6.45) is 0. The van der Waals surface area contributed by atoms with Gasteiger partial charge in [0.25, 0.3) is 0 Å². The Bertz CT molecular complexity index is 827. The summed E-state index contributed by atoms with van der Waals surface area (Å²) in [5.41, 5.74) is 3.54. The minimum atomic E-state index is 0.606. The van der Waals surface area contributed by atoms with Crippen molar-refractivity contribution >= 4 is 0 Å². The second-order valence-corrected chi connectivity index (χ2v) is 6.20. The Morgan fingerprint density at radius 3 is 2.46 bits per heavy atom. The highest BCUT2D eigenvalue weighted by Crippen LogP contribution is 2.21. The lowest BCUT2D eigenvalue weighted by molar-refractivity contribution is 0.228. The largest absolute Gasteiger partial charge is 0.494 e. The summed E-state index contributed by atoms with van der Waals surface area (Å²) in [6, 6.07) is 16.2. The third-order valence-electron chi connectivity index (χ3n) is 4.35. The second kappa shape index (κ2) is 8.63. The molecule has 0 unspecified atom stereocenters. The second-order valence-electron chi connectivity index (χ2n) is 6.20. The Balaban J connectivity index is 1.67. The first-order valence-corrected chi connectivity index (χ1v) is 9.02. The van der Waals surface area contributed by atoms with Gasteiger partial charge in [-0.15, -0.1) is 0 Å². The lowest BCUT2D eigenvalue weighted by atomic mass is 10.1. The molecule has 0 atom stereocenters. The zero-order chi connectivity index (χ0) is 18.4. The number of aryl methyl sites for hydroxylation is 1. The Kier molecular flexibility index (Phi) is 6.02. The molecule has 0 N–H and O–H groups in total. The van der Waals surface area contributed by atoms with Crippen molar-refractivity contribution in [2.75, 3.05) is 13.2 Å². The molecular formula is C21H25N3O2. The van der Waals surface area contributed by atoms with E-state index < -0.39 is 0 Å². The quantitative estimate of drug-likeness (QED) is 0.599. The Morgan fingerprint density at radius 1 is 1.00 bits per heavy atom. The van der Waals surface area contributed by atoms with E-state index in [1.54, 1.807) is 0 Å². The summed E-state index contributed by atoms with van der Waals surface area (Å²) in [5, 5.41) is 4.12. The van der Waals surface area contributed by atoms with Crippen LogP contribution >= 0.6 is 0 Å². The van der Waals surface area contributed by atoms with Crippen molar-refractivity contribution in [3.63, 3.8) is 0 Å². The van der Waals surface area contributed by atoms with Gasteiger partial charge < -0.3 is 9.26 Å². The lowest BCUT2D eigenvalue weighted by Crippen LogP contribution is -2.22. The predicted octanol–water partition coefficient (Wildman–Crippen LogP) is 4.47. The minimum absolute atomic E-state index is 0.606. The number of ether oxygens (including phenoxy) is 1. The Labute approximate surface area is 154 Å². The predicted molar refractivity (Wildman–Crippen MR) is 102 cm³/mol. The maximum atomic E-state index is 5.46. The summed E-state index contributed by atoms with van der Waals surface area (Å²) < 4.78 is 10.9. The first-order chi connectivity index (χ1) is 12.7. The maximum absolute atomic E-state index is 5.46. The molecule has 3 aromatic rings. The number of aromatic nitrogens is 2. The van der Waals surface area contributed by atoms with Crippen molar-refractivity contribution in [2.45, 2.75) is 33.9 Å². The van der Waals surface area contributed by atoms with E-state index in [-0.39, 0.29) is 0 Å². The van der Waals surface area contributed by atoms with Crippen LogP contribution in [-0.4, -0.2) is 28.2 Å². The van der Waals surface area contributed by atoms with Gasteiger partial charge in [0, 0.05) is 12.1 Å². The molecule has 26 heavy (non-hydrogen) atoms. The first kappa shape index (κ1) is 18.1. The normalized spacial score (nSPS) is 11.1. The fourth-order valence-electron chi connectivity index (χ4n) is 2.80. The van der Waals surface area contributed by atoms with Crippen LogP contribution in [0.15, 0.2) is 53.1 Å². The van der Waals surface area contributed by atoms with Crippen molar-refractivity contribution in [3.05, 3.63) is 65.5 Å². The monoisotopic (exact) mass is 351 g/mol. The highest BCUT2D eigenvalue weighted by molar-refractivity contribution is 5.55. The van der Waals surface area contributed by atoms with Crippen LogP contribution in [0.5, 0.6) is 5.75 Å². The van der Waals surface area contributed by atoms with Crippen molar-refractivity contribution in [1.29, 1.82) is 0 Å². The zero-order valence-electron chi connectivity index (χ0n) is 15.6. The average Bonchev–Trinajstić information content (AvgIpc) is 3.12. The van der Waals surface area contributed by atoms with Gasteiger partial charge in [-0.3, -0.25) is 4.90 Å². The minimum Gasteiger partial charge on any atom is -0.494 e. The lowest BCUT2D eigenvalue weighted by Gasteiger charge is -2.19. The van der Waals surface area contributed by atoms with Gasteiger partial charge in [-0.05, 0) is 55.8 Å². The molecule has 0 aliphatic heterocycles. The average molecular weight is 351 g/mol. The third-order valence-corrected chi connectivity index (χ3v) is 4.35. The maximum Gasteiger partial charge on any atom is 0.241 e. The van der Waals surface area contributed by atoms with Gasteiger partial charge in [0.05, 0.1) is 13.2 Å². The summed E-state index contributed by atoms with van der Waals surface area (Å²) in [6.45, 7) is 9.31. The summed E-state index contributed by atoms with van der Waals surface area (Å²) >= 11 is 0. The van der Waals surface area contributed by atoms with Gasteiger partial charge in [-0.1, -0.05) is 36.3 Å². The molecule has 0 spiro atoms. The van der Waals surface area contributed by atoms with Crippen molar-refractivity contribution in [2.24, 2.45) is 0 Å². The standard InChI is InChI=1S/C21H25N3O2/c1-4-24(14-18-9-7-6-8-16(18)3)15-20-22-21(23-26-20)17-10-12-19(13-11-17)25-5-2/h6-13H,4-5,14-15H2,1-3H3. The van der Waals surface area contributed by atoms with Crippen LogP contribution in [0.3, 0.4) is 0 Å². The number of nitrogens with zero attached hydrogens (tertiary/aromatic N) is 3. The summed E-state index contributed by atoms with van der Waals surface area (Å²) in [5.74, 6) is 2.08. The molecule has 1 aromatic heterocycles. The van der Waals surface area contributed by atoms with Crippen LogP contribution in [0, 0.1) is 6.92 Å². The molecule has 0 amide bonds. The van der Waals surface area contributed by atoms with Crippen LogP contribution in [0.2, 0.25) is 0 Å². The van der Waals surface area contributed by atoms with Crippen LogP contribution in [0.4, 0.5) is 0 Å². The summed E-state index contributed by atoms with van der Waals surface area (Å²) in [4.78, 5) is 6.84. The number of hydrogen-bond acceptors (Lipinski definition) is 5. The number of benzene rings is 2. The van der Waals surface area contributed by atoms with Crippen LogP contribution in [-0.2, 0) is 13.1 Å². The van der Waals surface area contributed by atoms with Crippen molar-refractivity contribution < 1.29 is 9.26 Å². The molecule has 2 aromatic carbocycles. The summed E-state index contributed by atoms with van der Waals surface area (Å²) in [7, 11) is 0. The smallest absolute Gasteiger partial charge is 0.241 e. The SMILES string of the molecule is CCOc1ccc(-c2noc(CN(CC)Cc3ccccc3C)n2)cc1. The molecule has 1 heterocycles. The van der Waals surface area contributed by atoms with Gasteiger partial charge in [-0.25, -0.2) is 0 Å². The Morgan fingerprint density at radius 2 is 1.77 bits per heavy atom. The molecule has 0 bridgehead atoms. The highest BCUT2D eigenvalue weighted by atomic mass is 16.5. The number of hydrogen-bond donors (Lipinski definition) is 0. The first-order valence-electron chi connectivity index (χ1n) is 9.02. The van der Waals surface area contributed by atoms with Gasteiger partial charge in [-0.2, -0.15) is 4.98 Å². The fraction of sp³-hybridized carbons (Fsp3) is 0.333. The Hall–Kier alpha value is -2.66. The van der Waals surface area contributed by atoms with Crippen LogP contribution in [0.1, 0.15) is 30.9 Å². The molecule has 5 nitrogen and oxygen atoms in total. The van der Waals surface area contributed by atoms with E-state index in [0.717, 1.165) is 24.4 Å². The van der Waals surface area contributed by atoms with E-state index in [2.05, 4.69) is 53.2 Å². The molecule has 0 fully saturated rings. The molecule has 0 saturated carbocycles. The van der Waals surface area contributed by atoms with E-state index in [1.165, 1.54) is 11.1 Å². The molecule has 3 rings (SSSR count). The highest BCUT2D eigenvalue weighted by Gasteiger charge is 2.13. The number of rotatable bonds is 8. The van der Waals surface area contributed by atoms with Crippen LogP contribution < -0.4 is 4.74 Å². The molecule has 0 aliphatic carbocycles. The van der Waals surface area contributed by atoms with Crippen molar-refractivity contribution in [1.82, 2.24) is 15.0 Å². The topological polar surface area (TPSA) is 51.4 Å². The fourth-order valence-corrected chi connectivity index (χ4v) is 2.80. The third kappa shape index (κ3) is 4.49. The van der Waals surface area contributed by atoms with Gasteiger partial charge in [0.15, 0.2) is 0 Å². The van der Waals surface area contributed by atoms with E-state index in [4.69, 9.17) is 9.26 Å². The molecular weight excluding hydrogens is 326 g/mol. The van der Waals surface area contributed by atoms with Crippen LogP contribution in [0.25, 0.3) is 11.4 Å². The van der Waals surface area contributed by atoms with E-state index in [1.807, 2.05) is 31.2 Å². The van der Waals surface area contributed by atoms with Crippen molar-refractivity contribution in [3.8, 4) is 17.1 Å². The molecule has 0 radical (unpaired) electrons. The van der Waals surface area contributed by atoms with Gasteiger partial charge in [0.2, 0.25) is 11.7 Å². The molecule has 0 aliphatic rings.